The highest BCUT2D eigenvalue weighted by molar-refractivity contribution is 9.10. The number of nitrogens with zero attached hydrogens (tertiary/aromatic N) is 3. The van der Waals surface area contributed by atoms with E-state index in [1.807, 2.05) is 0 Å². The van der Waals surface area contributed by atoms with Crippen LogP contribution in [0.2, 0.25) is 0 Å². The molecule has 0 saturated heterocycles. The van der Waals surface area contributed by atoms with Gasteiger partial charge in [0.2, 0.25) is 0 Å². The van der Waals surface area contributed by atoms with Gasteiger partial charge in [-0.1, -0.05) is 20.8 Å². The summed E-state index contributed by atoms with van der Waals surface area (Å²) >= 11 is 3.58. The van der Waals surface area contributed by atoms with Crippen molar-refractivity contribution < 1.29 is 0 Å². The lowest BCUT2D eigenvalue weighted by Crippen LogP contribution is -2.35. The average Bonchev–Trinajstić information content (AvgIpc) is 2.45. The highest BCUT2D eigenvalue weighted by Crippen LogP contribution is 2.26. The average molecular weight is 344 g/mol. The van der Waals surface area contributed by atoms with E-state index in [0.29, 0.717) is 6.04 Å². The maximum atomic E-state index is 4.32. The molecule has 5 nitrogen and oxygen atoms in total. The zero-order valence-electron chi connectivity index (χ0n) is 12.9. The molecule has 1 rings (SSSR count). The first-order chi connectivity index (χ1) is 9.62. The summed E-state index contributed by atoms with van der Waals surface area (Å²) < 4.78 is 0.903. The molecule has 0 aliphatic carbocycles. The predicted octanol–water partition coefficient (Wildman–Crippen LogP) is 3.20. The van der Waals surface area contributed by atoms with Gasteiger partial charge in [-0.25, -0.2) is 9.97 Å². The first-order valence-electron chi connectivity index (χ1n) is 7.35. The molecule has 0 aliphatic heterocycles. The summed E-state index contributed by atoms with van der Waals surface area (Å²) in [5.41, 5.74) is 0. The Morgan fingerprint density at radius 1 is 1.20 bits per heavy atom. The van der Waals surface area contributed by atoms with Crippen molar-refractivity contribution in [2.75, 3.05) is 36.8 Å². The van der Waals surface area contributed by atoms with Crippen molar-refractivity contribution in [3.8, 4) is 0 Å². The van der Waals surface area contributed by atoms with Crippen LogP contribution in [0.5, 0.6) is 0 Å². The van der Waals surface area contributed by atoms with Crippen molar-refractivity contribution in [1.29, 1.82) is 0 Å². The van der Waals surface area contributed by atoms with E-state index >= 15 is 0 Å². The Kier molecular flexibility index (Phi) is 7.84. The molecule has 0 amide bonds. The number of likely N-dealkylation sites (N-methyl/N-ethyl adjacent to an activating group) is 1. The maximum absolute atomic E-state index is 4.32. The van der Waals surface area contributed by atoms with Gasteiger partial charge in [-0.15, -0.1) is 0 Å². The fourth-order valence-electron chi connectivity index (χ4n) is 1.99. The molecule has 1 heterocycles. The fourth-order valence-corrected chi connectivity index (χ4v) is 2.44. The lowest BCUT2D eigenvalue weighted by atomic mass is 10.3. The smallest absolute Gasteiger partial charge is 0.146 e. The minimum Gasteiger partial charge on any atom is -0.369 e. The SMILES string of the molecule is CCCNc1ncnc(NC(C)CN(CC)CC)c1Br. The van der Waals surface area contributed by atoms with Gasteiger partial charge in [0.15, 0.2) is 0 Å². The molecular formula is C14H26BrN5. The van der Waals surface area contributed by atoms with Gasteiger partial charge in [0.1, 0.15) is 22.4 Å². The van der Waals surface area contributed by atoms with Crippen molar-refractivity contribution in [2.24, 2.45) is 0 Å². The van der Waals surface area contributed by atoms with Crippen LogP contribution in [-0.4, -0.2) is 47.1 Å². The molecule has 0 fully saturated rings. The standard InChI is InChI=1S/C14H26BrN5/c1-5-8-16-13-12(15)14(18-10-17-13)19-11(4)9-20(6-2)7-3/h10-11H,5-9H2,1-4H3,(H2,16,17,18,19). The van der Waals surface area contributed by atoms with Crippen LogP contribution >= 0.6 is 15.9 Å². The van der Waals surface area contributed by atoms with E-state index in [4.69, 9.17) is 0 Å². The highest BCUT2D eigenvalue weighted by atomic mass is 79.9. The largest absolute Gasteiger partial charge is 0.369 e. The Balaban J connectivity index is 2.67. The number of rotatable bonds is 9. The molecule has 1 aromatic heterocycles. The molecule has 20 heavy (non-hydrogen) atoms. The molecular weight excluding hydrogens is 318 g/mol. The topological polar surface area (TPSA) is 53.1 Å². The number of anilines is 2. The fraction of sp³-hybridized carbons (Fsp3) is 0.714. The van der Waals surface area contributed by atoms with Crippen LogP contribution in [0.3, 0.4) is 0 Å². The maximum Gasteiger partial charge on any atom is 0.146 e. The quantitative estimate of drug-likeness (QED) is 0.721. The minimum absolute atomic E-state index is 0.333. The van der Waals surface area contributed by atoms with Crippen molar-refractivity contribution in [3.63, 3.8) is 0 Å². The van der Waals surface area contributed by atoms with Gasteiger partial charge < -0.3 is 15.5 Å². The second-order valence-corrected chi connectivity index (χ2v) is 5.64. The molecule has 0 aliphatic rings. The molecule has 0 bridgehead atoms. The van der Waals surface area contributed by atoms with Gasteiger partial charge in [-0.2, -0.15) is 0 Å². The summed E-state index contributed by atoms with van der Waals surface area (Å²) in [5, 5.41) is 6.74. The summed E-state index contributed by atoms with van der Waals surface area (Å²) in [4.78, 5) is 11.0. The third-order valence-corrected chi connectivity index (χ3v) is 3.89. The summed E-state index contributed by atoms with van der Waals surface area (Å²) in [6, 6.07) is 0.333. The zero-order chi connectivity index (χ0) is 15.0. The van der Waals surface area contributed by atoms with E-state index in [1.165, 1.54) is 0 Å². The lowest BCUT2D eigenvalue weighted by molar-refractivity contribution is 0.294. The third kappa shape index (κ3) is 5.25. The Labute approximate surface area is 130 Å². The minimum atomic E-state index is 0.333. The van der Waals surface area contributed by atoms with Crippen LogP contribution in [0.1, 0.15) is 34.1 Å². The van der Waals surface area contributed by atoms with E-state index in [0.717, 1.165) is 48.7 Å². The van der Waals surface area contributed by atoms with Crippen LogP contribution in [0.4, 0.5) is 11.6 Å². The van der Waals surface area contributed by atoms with Crippen molar-refractivity contribution in [1.82, 2.24) is 14.9 Å². The Hall–Kier alpha value is -0.880. The number of hydrogen-bond donors (Lipinski definition) is 2. The molecule has 1 aromatic rings. The molecule has 114 valence electrons. The molecule has 0 saturated carbocycles. The van der Waals surface area contributed by atoms with Crippen LogP contribution in [0.15, 0.2) is 10.8 Å². The molecule has 1 atom stereocenters. The first kappa shape index (κ1) is 17.2. The summed E-state index contributed by atoms with van der Waals surface area (Å²) in [5.74, 6) is 1.69. The monoisotopic (exact) mass is 343 g/mol. The molecule has 1 unspecified atom stereocenters. The zero-order valence-corrected chi connectivity index (χ0v) is 14.5. The molecule has 6 heteroatoms. The second-order valence-electron chi connectivity index (χ2n) is 4.84. The normalized spacial score (nSPS) is 12.5. The third-order valence-electron chi connectivity index (χ3n) is 3.14. The second kappa shape index (κ2) is 9.13. The first-order valence-corrected chi connectivity index (χ1v) is 8.14. The summed E-state index contributed by atoms with van der Waals surface area (Å²) in [6.07, 6.45) is 2.66. The van der Waals surface area contributed by atoms with Gasteiger partial charge in [0, 0.05) is 19.1 Å². The van der Waals surface area contributed by atoms with Crippen LogP contribution in [0.25, 0.3) is 0 Å². The lowest BCUT2D eigenvalue weighted by Gasteiger charge is -2.24. The molecule has 0 aromatic carbocycles. The summed E-state index contributed by atoms with van der Waals surface area (Å²) in [6.45, 7) is 12.7. The molecule has 0 spiro atoms. The Bertz CT molecular complexity index is 395. The van der Waals surface area contributed by atoms with E-state index in [1.54, 1.807) is 6.33 Å². The van der Waals surface area contributed by atoms with Gasteiger partial charge >= 0.3 is 0 Å². The van der Waals surface area contributed by atoms with Crippen molar-refractivity contribution >= 4 is 27.6 Å². The van der Waals surface area contributed by atoms with Gasteiger partial charge in [-0.05, 0) is 42.4 Å². The van der Waals surface area contributed by atoms with Crippen molar-refractivity contribution in [3.05, 3.63) is 10.8 Å². The number of nitrogens with one attached hydrogen (secondary N) is 2. The van der Waals surface area contributed by atoms with E-state index < -0.39 is 0 Å². The number of halogens is 1. The Morgan fingerprint density at radius 2 is 1.85 bits per heavy atom. The number of aromatic nitrogens is 2. The van der Waals surface area contributed by atoms with E-state index in [-0.39, 0.29) is 0 Å². The van der Waals surface area contributed by atoms with Gasteiger partial charge in [-0.3, -0.25) is 0 Å². The summed E-state index contributed by atoms with van der Waals surface area (Å²) in [7, 11) is 0. The molecule has 2 N–H and O–H groups in total. The van der Waals surface area contributed by atoms with Crippen LogP contribution in [0, 0.1) is 0 Å². The predicted molar refractivity (Wildman–Crippen MR) is 89.4 cm³/mol. The van der Waals surface area contributed by atoms with Crippen molar-refractivity contribution in [2.45, 2.75) is 40.2 Å². The number of hydrogen-bond acceptors (Lipinski definition) is 5. The molecule has 0 radical (unpaired) electrons. The van der Waals surface area contributed by atoms with Gasteiger partial charge in [0.05, 0.1) is 0 Å². The van der Waals surface area contributed by atoms with Gasteiger partial charge in [0.25, 0.3) is 0 Å². The van der Waals surface area contributed by atoms with Crippen LogP contribution in [-0.2, 0) is 0 Å². The highest BCUT2D eigenvalue weighted by Gasteiger charge is 2.12. The Morgan fingerprint density at radius 3 is 2.45 bits per heavy atom. The van der Waals surface area contributed by atoms with E-state index in [9.17, 15) is 0 Å². The van der Waals surface area contributed by atoms with E-state index in [2.05, 4.69) is 69.1 Å². The van der Waals surface area contributed by atoms with Crippen LogP contribution < -0.4 is 10.6 Å².